The van der Waals surface area contributed by atoms with Crippen molar-refractivity contribution < 1.29 is 14.6 Å². The summed E-state index contributed by atoms with van der Waals surface area (Å²) in [5.74, 6) is -0.609. The Morgan fingerprint density at radius 1 is 1.45 bits per heavy atom. The first kappa shape index (κ1) is 22.0. The molecule has 1 atom stereocenters. The van der Waals surface area contributed by atoms with Crippen LogP contribution < -0.4 is 14.9 Å². The van der Waals surface area contributed by atoms with E-state index in [0.29, 0.717) is 30.6 Å². The number of thiophene rings is 1. The largest absolute Gasteiger partial charge is 0.506 e. The number of hydrogen-bond donors (Lipinski definition) is 1. The average molecular weight is 540 g/mol. The van der Waals surface area contributed by atoms with Crippen LogP contribution in [0.15, 0.2) is 55.2 Å². The van der Waals surface area contributed by atoms with Gasteiger partial charge in [0.05, 0.1) is 27.4 Å². The zero-order valence-electron chi connectivity index (χ0n) is 16.4. The summed E-state index contributed by atoms with van der Waals surface area (Å²) in [4.78, 5) is 32.0. The van der Waals surface area contributed by atoms with Gasteiger partial charge >= 0.3 is 5.97 Å². The number of halogens is 2. The molecule has 0 radical (unpaired) electrons. The van der Waals surface area contributed by atoms with E-state index in [2.05, 4.69) is 20.9 Å². The zero-order chi connectivity index (χ0) is 22.3. The standard InChI is InChI=1S/C21H16BrClN2O4S2/c1-3-29-20(28)16-10(2)24-21-25(17(16)14-5-4-6-30-14)19(27)15(31-21)8-11-7-12(22)9-13(23)18(11)26/h4-9,17,26H,3H2,1-2H3/b15-8-/t17-/m0/s1. The smallest absolute Gasteiger partial charge is 0.338 e. The molecule has 10 heteroatoms. The van der Waals surface area contributed by atoms with Gasteiger partial charge in [-0.1, -0.05) is 44.9 Å². The Kier molecular flexibility index (Phi) is 6.20. The summed E-state index contributed by atoms with van der Waals surface area (Å²) in [5.41, 5.74) is 0.945. The number of thiazole rings is 1. The fourth-order valence-electron chi connectivity index (χ4n) is 3.34. The summed E-state index contributed by atoms with van der Waals surface area (Å²) in [6, 6.07) is 6.37. The van der Waals surface area contributed by atoms with E-state index >= 15 is 0 Å². The number of phenolic OH excluding ortho intramolecular Hbond substituents is 1. The fraction of sp³-hybridized carbons (Fsp3) is 0.190. The second kappa shape index (κ2) is 8.74. The highest BCUT2D eigenvalue weighted by molar-refractivity contribution is 9.10. The Morgan fingerprint density at radius 3 is 2.90 bits per heavy atom. The van der Waals surface area contributed by atoms with Gasteiger partial charge in [-0.15, -0.1) is 11.3 Å². The molecule has 0 saturated heterocycles. The van der Waals surface area contributed by atoms with Crippen molar-refractivity contribution >= 4 is 62.2 Å². The number of phenols is 1. The summed E-state index contributed by atoms with van der Waals surface area (Å²) in [7, 11) is 0. The Morgan fingerprint density at radius 2 is 2.23 bits per heavy atom. The quantitative estimate of drug-likeness (QED) is 0.509. The molecule has 3 aromatic rings. The summed E-state index contributed by atoms with van der Waals surface area (Å²) in [6.45, 7) is 3.70. The van der Waals surface area contributed by atoms with E-state index in [0.717, 1.165) is 4.88 Å². The molecule has 0 spiro atoms. The monoisotopic (exact) mass is 538 g/mol. The third-order valence-electron chi connectivity index (χ3n) is 4.67. The zero-order valence-corrected chi connectivity index (χ0v) is 20.4. The second-order valence-electron chi connectivity index (χ2n) is 6.64. The van der Waals surface area contributed by atoms with Gasteiger partial charge < -0.3 is 9.84 Å². The molecule has 0 aliphatic carbocycles. The van der Waals surface area contributed by atoms with E-state index < -0.39 is 12.0 Å². The molecule has 31 heavy (non-hydrogen) atoms. The number of allylic oxidation sites excluding steroid dienone is 1. The Balaban J connectivity index is 1.97. The highest BCUT2D eigenvalue weighted by Gasteiger charge is 2.33. The summed E-state index contributed by atoms with van der Waals surface area (Å²) in [5, 5.41) is 12.4. The molecule has 160 valence electrons. The number of carbonyl (C=O) groups is 1. The number of nitrogens with zero attached hydrogens (tertiary/aromatic N) is 2. The van der Waals surface area contributed by atoms with E-state index in [1.807, 2.05) is 17.5 Å². The molecule has 0 unspecified atom stereocenters. The maximum absolute atomic E-state index is 13.4. The molecular formula is C21H16BrClN2O4S2. The van der Waals surface area contributed by atoms with E-state index in [4.69, 9.17) is 16.3 Å². The van der Waals surface area contributed by atoms with Gasteiger partial charge in [0.2, 0.25) is 0 Å². The van der Waals surface area contributed by atoms with Crippen LogP contribution in [0.3, 0.4) is 0 Å². The van der Waals surface area contributed by atoms with Crippen molar-refractivity contribution in [3.05, 3.63) is 80.5 Å². The van der Waals surface area contributed by atoms with Crippen LogP contribution in [0.25, 0.3) is 6.08 Å². The lowest BCUT2D eigenvalue weighted by molar-refractivity contribution is -0.139. The van der Waals surface area contributed by atoms with Crippen LogP contribution in [0, 0.1) is 0 Å². The fourth-order valence-corrected chi connectivity index (χ4v) is 6.04. The maximum atomic E-state index is 13.4. The molecule has 0 bridgehead atoms. The van der Waals surface area contributed by atoms with E-state index in [9.17, 15) is 14.7 Å². The predicted molar refractivity (Wildman–Crippen MR) is 126 cm³/mol. The lowest BCUT2D eigenvalue weighted by Crippen LogP contribution is -2.39. The lowest BCUT2D eigenvalue weighted by Gasteiger charge is -2.23. The second-order valence-corrected chi connectivity index (χ2v) is 9.95. The van der Waals surface area contributed by atoms with Gasteiger partial charge in [0.25, 0.3) is 5.56 Å². The van der Waals surface area contributed by atoms with Crippen molar-refractivity contribution in [2.75, 3.05) is 6.61 Å². The van der Waals surface area contributed by atoms with Crippen molar-refractivity contribution in [2.45, 2.75) is 19.9 Å². The van der Waals surface area contributed by atoms with Crippen LogP contribution in [0.1, 0.15) is 30.3 Å². The molecule has 1 aromatic carbocycles. The molecule has 1 aliphatic rings. The molecule has 4 rings (SSSR count). The van der Waals surface area contributed by atoms with Crippen LogP contribution in [0.4, 0.5) is 0 Å². The van der Waals surface area contributed by atoms with Gasteiger partial charge in [-0.05, 0) is 43.5 Å². The van der Waals surface area contributed by atoms with Crippen LogP contribution >= 0.6 is 50.2 Å². The number of hydrogen-bond acceptors (Lipinski definition) is 7. The van der Waals surface area contributed by atoms with Gasteiger partial charge in [0.15, 0.2) is 4.80 Å². The normalized spacial score (nSPS) is 16.3. The highest BCUT2D eigenvalue weighted by Crippen LogP contribution is 2.34. The number of esters is 1. The third kappa shape index (κ3) is 4.03. The van der Waals surface area contributed by atoms with Crippen LogP contribution in [0.5, 0.6) is 5.75 Å². The number of aromatic hydroxyl groups is 1. The van der Waals surface area contributed by atoms with Crippen LogP contribution in [0.2, 0.25) is 5.02 Å². The molecular weight excluding hydrogens is 524 g/mol. The number of ether oxygens (including phenoxy) is 1. The first-order valence-corrected chi connectivity index (χ1v) is 12.1. The van der Waals surface area contributed by atoms with Crippen molar-refractivity contribution in [1.29, 1.82) is 0 Å². The Labute approximate surface area is 198 Å². The number of rotatable bonds is 4. The molecule has 1 aliphatic heterocycles. The van der Waals surface area contributed by atoms with Crippen LogP contribution in [-0.4, -0.2) is 22.2 Å². The third-order valence-corrected chi connectivity index (χ3v) is 7.33. The van der Waals surface area contributed by atoms with Gasteiger partial charge in [-0.3, -0.25) is 9.36 Å². The molecule has 1 N–H and O–H groups in total. The Bertz CT molecular complexity index is 1390. The minimum absolute atomic E-state index is 0.117. The maximum Gasteiger partial charge on any atom is 0.338 e. The lowest BCUT2D eigenvalue weighted by atomic mass is 10.0. The van der Waals surface area contributed by atoms with Gasteiger partial charge in [0.1, 0.15) is 11.8 Å². The minimum Gasteiger partial charge on any atom is -0.506 e. The molecule has 0 saturated carbocycles. The van der Waals surface area contributed by atoms with Gasteiger partial charge in [-0.25, -0.2) is 9.79 Å². The van der Waals surface area contributed by atoms with E-state index in [-0.39, 0.29) is 22.9 Å². The van der Waals surface area contributed by atoms with Gasteiger partial charge in [0, 0.05) is 14.9 Å². The summed E-state index contributed by atoms with van der Waals surface area (Å²) < 4.78 is 7.80. The van der Waals surface area contributed by atoms with Crippen molar-refractivity contribution in [2.24, 2.45) is 4.99 Å². The van der Waals surface area contributed by atoms with E-state index in [1.165, 1.54) is 27.2 Å². The van der Waals surface area contributed by atoms with Crippen LogP contribution in [-0.2, 0) is 9.53 Å². The average Bonchev–Trinajstić information content (AvgIpc) is 3.34. The number of aromatic nitrogens is 1. The summed E-state index contributed by atoms with van der Waals surface area (Å²) >= 11 is 12.0. The molecule has 0 amide bonds. The summed E-state index contributed by atoms with van der Waals surface area (Å²) in [6.07, 6.45) is 1.57. The van der Waals surface area contributed by atoms with Crippen molar-refractivity contribution in [3.63, 3.8) is 0 Å². The molecule has 3 heterocycles. The van der Waals surface area contributed by atoms with Crippen molar-refractivity contribution in [1.82, 2.24) is 4.57 Å². The SMILES string of the molecule is CCOC(=O)C1=C(C)N=c2s/c(=C\c3cc(Br)cc(Cl)c3O)c(=O)n2[C@H]1c1cccs1. The molecule has 6 nitrogen and oxygen atoms in total. The number of carbonyl (C=O) groups excluding carboxylic acids is 1. The predicted octanol–water partition coefficient (Wildman–Crippen LogP) is 3.98. The number of benzene rings is 1. The van der Waals surface area contributed by atoms with Gasteiger partial charge in [-0.2, -0.15) is 0 Å². The molecule has 2 aromatic heterocycles. The minimum atomic E-state index is -0.628. The topological polar surface area (TPSA) is 80.9 Å². The molecule has 0 fully saturated rings. The first-order chi connectivity index (χ1) is 14.8. The first-order valence-electron chi connectivity index (χ1n) is 9.23. The van der Waals surface area contributed by atoms with E-state index in [1.54, 1.807) is 32.1 Å². The highest BCUT2D eigenvalue weighted by atomic mass is 79.9. The Hall–Kier alpha value is -2.20. The number of fused-ring (bicyclic) bond motifs is 1. The van der Waals surface area contributed by atoms with Crippen molar-refractivity contribution in [3.8, 4) is 5.75 Å².